The van der Waals surface area contributed by atoms with E-state index >= 15 is 0 Å². The van der Waals surface area contributed by atoms with Crippen LogP contribution in [0, 0.1) is 0 Å². The van der Waals surface area contributed by atoms with Crippen LogP contribution in [-0.2, 0) is 0 Å². The highest BCUT2D eigenvalue weighted by Crippen LogP contribution is 2.17. The van der Waals surface area contributed by atoms with Gasteiger partial charge in [0, 0.05) is 16.5 Å². The Balaban J connectivity index is 2.18. The Hall–Kier alpha value is -2.76. The molecule has 1 heterocycles. The van der Waals surface area contributed by atoms with Crippen molar-refractivity contribution in [1.29, 1.82) is 0 Å². The maximum atomic E-state index is 3.16. The summed E-state index contributed by atoms with van der Waals surface area (Å²) in [6.45, 7) is 0. The zero-order chi connectivity index (χ0) is 14.1. The SMILES string of the molecule is C1=CC=c2c3c(n(-c4ccccc4)c2=CC=1)C=CCC=C3. The average molecular weight is 269 g/mol. The molecule has 1 heteroatoms. The predicted octanol–water partition coefficient (Wildman–Crippen LogP) is 3.19. The van der Waals surface area contributed by atoms with Crippen LogP contribution in [0.1, 0.15) is 17.7 Å². The molecule has 0 bridgehead atoms. The molecule has 0 spiro atoms. The maximum Gasteiger partial charge on any atom is 0.0547 e. The van der Waals surface area contributed by atoms with E-state index in [1.165, 1.54) is 27.5 Å². The lowest BCUT2D eigenvalue weighted by molar-refractivity contribution is 1.01. The number of para-hydroxylation sites is 1. The Labute approximate surface area is 123 Å². The summed E-state index contributed by atoms with van der Waals surface area (Å²) in [4.78, 5) is 0. The highest BCUT2D eigenvalue weighted by molar-refractivity contribution is 5.71. The molecule has 0 saturated heterocycles. The van der Waals surface area contributed by atoms with Crippen molar-refractivity contribution >= 4 is 24.3 Å². The Kier molecular flexibility index (Phi) is 2.85. The Morgan fingerprint density at radius 2 is 1.71 bits per heavy atom. The third kappa shape index (κ3) is 1.96. The van der Waals surface area contributed by atoms with Crippen LogP contribution >= 0.6 is 0 Å². The number of nitrogens with zero attached hydrogens (tertiary/aromatic N) is 1. The second-order valence-electron chi connectivity index (χ2n) is 5.14. The van der Waals surface area contributed by atoms with Crippen molar-refractivity contribution in [1.82, 2.24) is 4.57 Å². The lowest BCUT2D eigenvalue weighted by Gasteiger charge is -2.07. The molecule has 0 saturated carbocycles. The van der Waals surface area contributed by atoms with Crippen molar-refractivity contribution in [3.63, 3.8) is 0 Å². The molecule has 0 atom stereocenters. The quantitative estimate of drug-likeness (QED) is 0.701. The minimum Gasteiger partial charge on any atom is -0.309 e. The molecule has 1 aromatic carbocycles. The Morgan fingerprint density at radius 1 is 0.905 bits per heavy atom. The fourth-order valence-corrected chi connectivity index (χ4v) is 2.94. The lowest BCUT2D eigenvalue weighted by Crippen LogP contribution is -2.28. The normalized spacial score (nSPS) is 14.7. The van der Waals surface area contributed by atoms with Gasteiger partial charge in [-0.2, -0.15) is 0 Å². The molecule has 2 aliphatic rings. The summed E-state index contributed by atoms with van der Waals surface area (Å²) in [5.74, 6) is 0. The van der Waals surface area contributed by atoms with Crippen LogP contribution in [0.3, 0.4) is 0 Å². The van der Waals surface area contributed by atoms with E-state index in [0.717, 1.165) is 6.42 Å². The predicted molar refractivity (Wildman–Crippen MR) is 89.3 cm³/mol. The van der Waals surface area contributed by atoms with Crippen molar-refractivity contribution in [2.75, 3.05) is 0 Å². The van der Waals surface area contributed by atoms with Gasteiger partial charge in [0.1, 0.15) is 0 Å². The molecule has 0 aliphatic heterocycles. The molecule has 2 aliphatic carbocycles. The summed E-state index contributed by atoms with van der Waals surface area (Å²) in [7, 11) is 0. The molecule has 0 radical (unpaired) electrons. The van der Waals surface area contributed by atoms with Gasteiger partial charge in [-0.15, -0.1) is 5.73 Å². The first-order valence-corrected chi connectivity index (χ1v) is 7.21. The first-order chi connectivity index (χ1) is 10.4. The second-order valence-corrected chi connectivity index (χ2v) is 5.14. The highest BCUT2D eigenvalue weighted by atomic mass is 15.0. The van der Waals surface area contributed by atoms with Gasteiger partial charge >= 0.3 is 0 Å². The highest BCUT2D eigenvalue weighted by Gasteiger charge is 2.13. The molecule has 0 amide bonds. The van der Waals surface area contributed by atoms with E-state index in [9.17, 15) is 0 Å². The minimum atomic E-state index is 0.982. The first kappa shape index (κ1) is 12.0. The fraction of sp³-hybridized carbons (Fsp3) is 0.0500. The van der Waals surface area contributed by atoms with Gasteiger partial charge in [-0.25, -0.2) is 0 Å². The number of rotatable bonds is 1. The van der Waals surface area contributed by atoms with E-state index in [4.69, 9.17) is 0 Å². The van der Waals surface area contributed by atoms with Crippen molar-refractivity contribution < 1.29 is 0 Å². The molecule has 4 rings (SSSR count). The van der Waals surface area contributed by atoms with Crippen LogP contribution in [-0.4, -0.2) is 4.57 Å². The summed E-state index contributed by atoms with van der Waals surface area (Å²) < 4.78 is 2.32. The van der Waals surface area contributed by atoms with Gasteiger partial charge < -0.3 is 4.57 Å². The largest absolute Gasteiger partial charge is 0.309 e. The van der Waals surface area contributed by atoms with Crippen molar-refractivity contribution in [2.45, 2.75) is 6.42 Å². The molecule has 0 fully saturated rings. The fourth-order valence-electron chi connectivity index (χ4n) is 2.94. The van der Waals surface area contributed by atoms with Crippen LogP contribution < -0.4 is 10.6 Å². The number of hydrogen-bond acceptors (Lipinski definition) is 0. The molecule has 100 valence electrons. The van der Waals surface area contributed by atoms with E-state index in [1.807, 2.05) is 12.2 Å². The summed E-state index contributed by atoms with van der Waals surface area (Å²) in [5, 5.41) is 2.47. The first-order valence-electron chi connectivity index (χ1n) is 7.21. The van der Waals surface area contributed by atoms with Gasteiger partial charge in [0.2, 0.25) is 0 Å². The van der Waals surface area contributed by atoms with Crippen molar-refractivity contribution in [2.24, 2.45) is 0 Å². The van der Waals surface area contributed by atoms with E-state index in [2.05, 4.69) is 77.1 Å². The standard InChI is InChI=1S/C20H15N/c1-4-10-16(11-5-1)21-19-14-8-2-6-12-17(19)18-13-7-3-9-15-20(18)21/h1,4-15H,2H2. The number of fused-ring (bicyclic) bond motifs is 3. The molecule has 0 N–H and O–H groups in total. The van der Waals surface area contributed by atoms with Gasteiger partial charge in [0.05, 0.1) is 11.0 Å². The summed E-state index contributed by atoms with van der Waals surface area (Å²) in [6, 6.07) is 10.5. The second kappa shape index (κ2) is 4.97. The van der Waals surface area contributed by atoms with Gasteiger partial charge in [0.25, 0.3) is 0 Å². The zero-order valence-electron chi connectivity index (χ0n) is 11.7. The van der Waals surface area contributed by atoms with E-state index in [-0.39, 0.29) is 0 Å². The Bertz CT molecular complexity index is 928. The smallest absolute Gasteiger partial charge is 0.0547 e. The minimum absolute atomic E-state index is 0.982. The summed E-state index contributed by atoms with van der Waals surface area (Å²) in [5.41, 5.74) is 6.89. The number of aromatic nitrogens is 1. The topological polar surface area (TPSA) is 4.93 Å². The van der Waals surface area contributed by atoms with Crippen LogP contribution in [0.2, 0.25) is 0 Å². The monoisotopic (exact) mass is 269 g/mol. The van der Waals surface area contributed by atoms with Gasteiger partial charge in [0.15, 0.2) is 0 Å². The lowest BCUT2D eigenvalue weighted by atomic mass is 10.2. The third-order valence-corrected chi connectivity index (χ3v) is 3.85. The van der Waals surface area contributed by atoms with Crippen LogP contribution in [0.25, 0.3) is 30.0 Å². The van der Waals surface area contributed by atoms with Crippen LogP contribution in [0.4, 0.5) is 0 Å². The van der Waals surface area contributed by atoms with E-state index in [0.29, 0.717) is 0 Å². The van der Waals surface area contributed by atoms with E-state index in [1.54, 1.807) is 0 Å². The number of allylic oxidation sites excluding steroid dienone is 3. The van der Waals surface area contributed by atoms with Crippen molar-refractivity contribution in [3.8, 4) is 5.69 Å². The van der Waals surface area contributed by atoms with Crippen LogP contribution in [0.5, 0.6) is 0 Å². The molecule has 1 nitrogen and oxygen atoms in total. The molecule has 21 heavy (non-hydrogen) atoms. The van der Waals surface area contributed by atoms with Gasteiger partial charge in [-0.3, -0.25) is 0 Å². The molecular weight excluding hydrogens is 254 g/mol. The van der Waals surface area contributed by atoms with Gasteiger partial charge in [-0.1, -0.05) is 36.4 Å². The van der Waals surface area contributed by atoms with Crippen LogP contribution in [0.15, 0.2) is 60.4 Å². The molecule has 2 aromatic rings. The zero-order valence-corrected chi connectivity index (χ0v) is 11.7. The molecular formula is C20H15N. The summed E-state index contributed by atoms with van der Waals surface area (Å²) in [6.07, 6.45) is 18.1. The van der Waals surface area contributed by atoms with Gasteiger partial charge in [-0.05, 0) is 48.9 Å². The average Bonchev–Trinajstić information content (AvgIpc) is 2.77. The number of benzene rings is 1. The third-order valence-electron chi connectivity index (χ3n) is 3.85. The van der Waals surface area contributed by atoms with E-state index < -0.39 is 0 Å². The maximum absolute atomic E-state index is 3.16. The number of hydrogen-bond donors (Lipinski definition) is 0. The summed E-state index contributed by atoms with van der Waals surface area (Å²) >= 11 is 0. The Morgan fingerprint density at radius 3 is 2.62 bits per heavy atom. The van der Waals surface area contributed by atoms with Crippen molar-refractivity contribution in [3.05, 3.63) is 82.2 Å². The molecule has 1 aromatic heterocycles. The molecule has 0 unspecified atom stereocenters.